The average molecular weight is 270 g/mol. The van der Waals surface area contributed by atoms with Crippen LogP contribution in [0, 0.1) is 0 Å². The fourth-order valence-electron chi connectivity index (χ4n) is 1.65. The van der Waals surface area contributed by atoms with Crippen molar-refractivity contribution in [3.05, 3.63) is 22.4 Å². The zero-order valence-corrected chi connectivity index (χ0v) is 12.0. The number of rotatable bonds is 8. The Hall–Kier alpha value is -0.910. The van der Waals surface area contributed by atoms with Crippen LogP contribution in [-0.4, -0.2) is 32.2 Å². The molecule has 0 saturated carbocycles. The Morgan fingerprint density at radius 3 is 2.89 bits per heavy atom. The second kappa shape index (κ2) is 8.24. The highest BCUT2D eigenvalue weighted by molar-refractivity contribution is 7.10. The van der Waals surface area contributed by atoms with E-state index in [1.165, 1.54) is 4.88 Å². The first-order chi connectivity index (χ1) is 8.65. The monoisotopic (exact) mass is 270 g/mol. The van der Waals surface area contributed by atoms with Gasteiger partial charge < -0.3 is 10.1 Å². The summed E-state index contributed by atoms with van der Waals surface area (Å²) in [6.07, 6.45) is 0.843. The van der Waals surface area contributed by atoms with Gasteiger partial charge in [-0.2, -0.15) is 0 Å². The number of nitrogens with one attached hydrogen (secondary N) is 2. The standard InChI is InChI=1S/C13H22N2O2S/c1-10(12-6-4-9-18-12)15-11(2)13(16)14-7-5-8-17-3/h4,6,9-11,15H,5,7-8H2,1-3H3,(H,14,16)/t10-,11?/m1/s1. The van der Waals surface area contributed by atoms with E-state index in [4.69, 9.17) is 4.74 Å². The molecule has 2 N–H and O–H groups in total. The maximum Gasteiger partial charge on any atom is 0.236 e. The fourth-order valence-corrected chi connectivity index (χ4v) is 2.40. The SMILES string of the molecule is COCCCNC(=O)C(C)N[C@H](C)c1cccs1. The van der Waals surface area contributed by atoms with Crippen LogP contribution in [0.15, 0.2) is 17.5 Å². The molecule has 4 nitrogen and oxygen atoms in total. The number of ether oxygens (including phenoxy) is 1. The first kappa shape index (κ1) is 15.1. The maximum atomic E-state index is 11.8. The maximum absolute atomic E-state index is 11.8. The molecular weight excluding hydrogens is 248 g/mol. The number of amides is 1. The molecule has 0 radical (unpaired) electrons. The fraction of sp³-hybridized carbons (Fsp3) is 0.615. The minimum atomic E-state index is -0.190. The Kier molecular flexibility index (Phi) is 6.93. The van der Waals surface area contributed by atoms with Crippen LogP contribution in [0.4, 0.5) is 0 Å². The van der Waals surface area contributed by atoms with Crippen LogP contribution in [0.5, 0.6) is 0 Å². The summed E-state index contributed by atoms with van der Waals surface area (Å²) in [5.41, 5.74) is 0. The molecule has 2 atom stereocenters. The molecule has 18 heavy (non-hydrogen) atoms. The molecule has 0 saturated heterocycles. The molecule has 1 aromatic heterocycles. The third-order valence-corrected chi connectivity index (χ3v) is 3.74. The predicted octanol–water partition coefficient (Wildman–Crippen LogP) is 1.94. The number of methoxy groups -OCH3 is 1. The second-order valence-corrected chi connectivity index (χ2v) is 5.24. The summed E-state index contributed by atoms with van der Waals surface area (Å²) in [4.78, 5) is 13.0. The van der Waals surface area contributed by atoms with Gasteiger partial charge in [-0.1, -0.05) is 6.07 Å². The van der Waals surface area contributed by atoms with Gasteiger partial charge in [0.2, 0.25) is 5.91 Å². The lowest BCUT2D eigenvalue weighted by atomic mass is 10.2. The number of hydrogen-bond acceptors (Lipinski definition) is 4. The molecular formula is C13H22N2O2S. The minimum Gasteiger partial charge on any atom is -0.385 e. The quantitative estimate of drug-likeness (QED) is 0.710. The van der Waals surface area contributed by atoms with E-state index in [0.717, 1.165) is 6.42 Å². The van der Waals surface area contributed by atoms with Gasteiger partial charge in [-0.25, -0.2) is 0 Å². The van der Waals surface area contributed by atoms with Crippen molar-refractivity contribution in [3.63, 3.8) is 0 Å². The van der Waals surface area contributed by atoms with Gasteiger partial charge in [-0.15, -0.1) is 11.3 Å². The van der Waals surface area contributed by atoms with E-state index in [2.05, 4.69) is 23.6 Å². The zero-order valence-electron chi connectivity index (χ0n) is 11.2. The van der Waals surface area contributed by atoms with Crippen LogP contribution in [0.3, 0.4) is 0 Å². The summed E-state index contributed by atoms with van der Waals surface area (Å²) in [7, 11) is 1.66. The first-order valence-electron chi connectivity index (χ1n) is 6.21. The molecule has 1 rings (SSSR count). The van der Waals surface area contributed by atoms with Crippen molar-refractivity contribution < 1.29 is 9.53 Å². The molecule has 1 unspecified atom stereocenters. The molecule has 0 aliphatic heterocycles. The van der Waals surface area contributed by atoms with Crippen molar-refractivity contribution >= 4 is 17.2 Å². The summed E-state index contributed by atoms with van der Waals surface area (Å²) < 4.78 is 4.93. The molecule has 0 bridgehead atoms. The number of hydrogen-bond donors (Lipinski definition) is 2. The third-order valence-electron chi connectivity index (χ3n) is 2.69. The van der Waals surface area contributed by atoms with Crippen LogP contribution in [0.1, 0.15) is 31.2 Å². The number of thiophene rings is 1. The largest absolute Gasteiger partial charge is 0.385 e. The molecule has 1 heterocycles. The lowest BCUT2D eigenvalue weighted by Gasteiger charge is -2.18. The van der Waals surface area contributed by atoms with Crippen molar-refractivity contribution in [2.75, 3.05) is 20.3 Å². The lowest BCUT2D eigenvalue weighted by molar-refractivity contribution is -0.122. The predicted molar refractivity (Wildman–Crippen MR) is 74.8 cm³/mol. The molecule has 0 aliphatic rings. The number of carbonyl (C=O) groups is 1. The van der Waals surface area contributed by atoms with Gasteiger partial charge in [0.05, 0.1) is 6.04 Å². The summed E-state index contributed by atoms with van der Waals surface area (Å²) in [6, 6.07) is 4.11. The van der Waals surface area contributed by atoms with Crippen molar-refractivity contribution in [3.8, 4) is 0 Å². The summed E-state index contributed by atoms with van der Waals surface area (Å²) in [6.45, 7) is 5.29. The molecule has 0 spiro atoms. The van der Waals surface area contributed by atoms with E-state index in [1.807, 2.05) is 18.4 Å². The second-order valence-electron chi connectivity index (χ2n) is 4.26. The Balaban J connectivity index is 2.27. The van der Waals surface area contributed by atoms with E-state index < -0.39 is 0 Å². The Morgan fingerprint density at radius 2 is 2.28 bits per heavy atom. The molecule has 0 aliphatic carbocycles. The van der Waals surface area contributed by atoms with E-state index in [0.29, 0.717) is 13.2 Å². The van der Waals surface area contributed by atoms with Crippen molar-refractivity contribution in [2.45, 2.75) is 32.4 Å². The minimum absolute atomic E-state index is 0.0366. The highest BCUT2D eigenvalue weighted by atomic mass is 32.1. The number of carbonyl (C=O) groups excluding carboxylic acids is 1. The molecule has 1 aromatic rings. The Labute approximate surface area is 113 Å². The summed E-state index contributed by atoms with van der Waals surface area (Å²) in [5, 5.41) is 8.22. The Bertz CT molecular complexity index is 341. The third kappa shape index (κ3) is 5.16. The van der Waals surface area contributed by atoms with E-state index in [-0.39, 0.29) is 18.0 Å². The van der Waals surface area contributed by atoms with Gasteiger partial charge >= 0.3 is 0 Å². The van der Waals surface area contributed by atoms with Crippen LogP contribution >= 0.6 is 11.3 Å². The molecule has 102 valence electrons. The van der Waals surface area contributed by atoms with Crippen LogP contribution in [0.25, 0.3) is 0 Å². The highest BCUT2D eigenvalue weighted by Crippen LogP contribution is 2.18. The van der Waals surface area contributed by atoms with Crippen molar-refractivity contribution in [2.24, 2.45) is 0 Å². The molecule has 5 heteroatoms. The van der Waals surface area contributed by atoms with Crippen LogP contribution < -0.4 is 10.6 Å². The zero-order chi connectivity index (χ0) is 13.4. The van der Waals surface area contributed by atoms with Crippen LogP contribution in [0.2, 0.25) is 0 Å². The smallest absolute Gasteiger partial charge is 0.236 e. The van der Waals surface area contributed by atoms with Gasteiger partial charge in [0.25, 0.3) is 0 Å². The van der Waals surface area contributed by atoms with Gasteiger partial charge in [0, 0.05) is 31.2 Å². The van der Waals surface area contributed by atoms with Crippen molar-refractivity contribution in [1.82, 2.24) is 10.6 Å². The van der Waals surface area contributed by atoms with E-state index in [1.54, 1.807) is 18.4 Å². The van der Waals surface area contributed by atoms with E-state index in [9.17, 15) is 4.79 Å². The molecule has 0 fully saturated rings. The Morgan fingerprint density at radius 1 is 1.50 bits per heavy atom. The average Bonchev–Trinajstić information content (AvgIpc) is 2.88. The van der Waals surface area contributed by atoms with Gasteiger partial charge in [-0.05, 0) is 31.7 Å². The van der Waals surface area contributed by atoms with Gasteiger partial charge in [0.15, 0.2) is 0 Å². The van der Waals surface area contributed by atoms with Gasteiger partial charge in [0.1, 0.15) is 0 Å². The van der Waals surface area contributed by atoms with Gasteiger partial charge in [-0.3, -0.25) is 10.1 Å². The lowest BCUT2D eigenvalue weighted by Crippen LogP contribution is -2.43. The van der Waals surface area contributed by atoms with E-state index >= 15 is 0 Å². The topological polar surface area (TPSA) is 50.4 Å². The normalized spacial score (nSPS) is 14.2. The molecule has 1 amide bonds. The summed E-state index contributed by atoms with van der Waals surface area (Å²) >= 11 is 1.70. The molecule has 0 aromatic carbocycles. The van der Waals surface area contributed by atoms with Crippen LogP contribution in [-0.2, 0) is 9.53 Å². The van der Waals surface area contributed by atoms with Crippen molar-refractivity contribution in [1.29, 1.82) is 0 Å². The highest BCUT2D eigenvalue weighted by Gasteiger charge is 2.15. The first-order valence-corrected chi connectivity index (χ1v) is 7.09. The summed E-state index contributed by atoms with van der Waals surface area (Å²) in [5.74, 6) is 0.0366.